The summed E-state index contributed by atoms with van der Waals surface area (Å²) < 4.78 is 10.6. The summed E-state index contributed by atoms with van der Waals surface area (Å²) in [6.07, 6.45) is 3.54. The average molecular weight is 210 g/mol. The molecule has 0 radical (unpaired) electrons. The molecule has 1 rings (SSSR count). The number of Topliss-reactive ketones (excluding diaryl/α,β-unsaturated/α-hetero) is 1. The third-order valence-electron chi connectivity index (χ3n) is 2.67. The van der Waals surface area contributed by atoms with Gasteiger partial charge in [0.25, 0.3) is 0 Å². The number of ketones is 1. The Morgan fingerprint density at radius 2 is 1.93 bits per heavy atom. The molecule has 0 fully saturated rings. The van der Waals surface area contributed by atoms with Crippen LogP contribution in [0.15, 0.2) is 23.5 Å². The van der Waals surface area contributed by atoms with Crippen molar-refractivity contribution in [3.8, 4) is 0 Å². The summed E-state index contributed by atoms with van der Waals surface area (Å²) in [5, 5.41) is 0. The van der Waals surface area contributed by atoms with Crippen LogP contribution in [0.1, 0.15) is 20.8 Å². The van der Waals surface area contributed by atoms with Crippen LogP contribution in [-0.4, -0.2) is 25.6 Å². The predicted molar refractivity (Wildman–Crippen MR) is 58.4 cm³/mol. The Morgan fingerprint density at radius 3 is 2.27 bits per heavy atom. The molecule has 0 N–H and O–H groups in total. The molecule has 0 heterocycles. The lowest BCUT2D eigenvalue weighted by atomic mass is 9.72. The fraction of sp³-hybridized carbons (Fsp3) is 0.583. The van der Waals surface area contributed by atoms with Crippen molar-refractivity contribution in [2.45, 2.75) is 26.4 Å². The number of rotatable bonds is 4. The van der Waals surface area contributed by atoms with Crippen molar-refractivity contribution in [3.05, 3.63) is 23.5 Å². The highest BCUT2D eigenvalue weighted by molar-refractivity contribution is 6.13. The van der Waals surface area contributed by atoms with Gasteiger partial charge in [0.05, 0.1) is 7.11 Å². The number of hydrogen-bond donors (Lipinski definition) is 0. The Morgan fingerprint density at radius 1 is 1.33 bits per heavy atom. The Balaban J connectivity index is 3.21. The van der Waals surface area contributed by atoms with Gasteiger partial charge in [0.1, 0.15) is 5.76 Å². The van der Waals surface area contributed by atoms with Gasteiger partial charge in [-0.1, -0.05) is 19.9 Å². The number of ether oxygens (including phenoxy) is 2. The molecular formula is C12H18O3. The summed E-state index contributed by atoms with van der Waals surface area (Å²) in [7, 11) is 3.09. The van der Waals surface area contributed by atoms with Gasteiger partial charge >= 0.3 is 0 Å². The first-order valence-corrected chi connectivity index (χ1v) is 5.07. The van der Waals surface area contributed by atoms with Crippen LogP contribution in [0.25, 0.3) is 0 Å². The maximum Gasteiger partial charge on any atom is 0.206 e. The molecule has 1 aliphatic rings. The van der Waals surface area contributed by atoms with E-state index >= 15 is 0 Å². The Hall–Kier alpha value is -1.09. The molecule has 3 nitrogen and oxygen atoms in total. The van der Waals surface area contributed by atoms with Crippen molar-refractivity contribution in [2.24, 2.45) is 5.92 Å². The molecule has 3 heteroatoms. The van der Waals surface area contributed by atoms with Crippen LogP contribution >= 0.6 is 0 Å². The van der Waals surface area contributed by atoms with Crippen LogP contribution in [0, 0.1) is 5.92 Å². The van der Waals surface area contributed by atoms with Gasteiger partial charge in [-0.25, -0.2) is 0 Å². The van der Waals surface area contributed by atoms with Crippen LogP contribution < -0.4 is 0 Å². The van der Waals surface area contributed by atoms with Gasteiger partial charge in [0.2, 0.25) is 11.4 Å². The lowest BCUT2D eigenvalue weighted by molar-refractivity contribution is -0.138. The normalized spacial score (nSPS) is 26.4. The molecule has 0 saturated carbocycles. The van der Waals surface area contributed by atoms with Gasteiger partial charge in [-0.15, -0.1) is 0 Å². The Labute approximate surface area is 90.8 Å². The lowest BCUT2D eigenvalue weighted by Crippen LogP contribution is -2.52. The first kappa shape index (κ1) is 12.0. The van der Waals surface area contributed by atoms with Gasteiger partial charge in [0, 0.05) is 12.7 Å². The van der Waals surface area contributed by atoms with E-state index in [2.05, 4.69) is 0 Å². The van der Waals surface area contributed by atoms with Gasteiger partial charge in [-0.05, 0) is 18.9 Å². The molecule has 1 atom stereocenters. The number of hydrogen-bond acceptors (Lipinski definition) is 3. The third kappa shape index (κ3) is 1.51. The number of allylic oxidation sites excluding steroid dienone is 1. The molecule has 0 aromatic rings. The molecule has 0 amide bonds. The molecule has 1 aliphatic carbocycles. The highest BCUT2D eigenvalue weighted by atomic mass is 16.5. The van der Waals surface area contributed by atoms with E-state index in [0.717, 1.165) is 5.57 Å². The molecule has 84 valence electrons. The van der Waals surface area contributed by atoms with E-state index in [-0.39, 0.29) is 11.7 Å². The minimum Gasteiger partial charge on any atom is -0.497 e. The summed E-state index contributed by atoms with van der Waals surface area (Å²) in [4.78, 5) is 12.0. The van der Waals surface area contributed by atoms with E-state index in [9.17, 15) is 4.79 Å². The minimum atomic E-state index is -0.969. The van der Waals surface area contributed by atoms with Crippen LogP contribution in [0.5, 0.6) is 0 Å². The average Bonchev–Trinajstić information content (AvgIpc) is 2.20. The second-order valence-electron chi connectivity index (χ2n) is 3.87. The quantitative estimate of drug-likeness (QED) is 0.666. The van der Waals surface area contributed by atoms with Gasteiger partial charge in [0.15, 0.2) is 0 Å². The van der Waals surface area contributed by atoms with Crippen molar-refractivity contribution in [1.82, 2.24) is 0 Å². The number of carbonyl (C=O) groups excluding carboxylic acids is 1. The van der Waals surface area contributed by atoms with Crippen molar-refractivity contribution in [3.63, 3.8) is 0 Å². The van der Waals surface area contributed by atoms with E-state index in [1.807, 2.05) is 20.8 Å². The molecule has 0 aromatic heterocycles. The predicted octanol–water partition coefficient (Wildman–Crippen LogP) is 2.09. The Bertz CT molecular complexity index is 326. The van der Waals surface area contributed by atoms with Gasteiger partial charge < -0.3 is 9.47 Å². The molecule has 0 saturated heterocycles. The smallest absolute Gasteiger partial charge is 0.206 e. The maximum absolute atomic E-state index is 12.0. The molecular weight excluding hydrogens is 192 g/mol. The summed E-state index contributed by atoms with van der Waals surface area (Å²) in [6.45, 7) is 5.80. The minimum absolute atomic E-state index is 0.00921. The van der Waals surface area contributed by atoms with Crippen LogP contribution in [-0.2, 0) is 14.3 Å². The van der Waals surface area contributed by atoms with Gasteiger partial charge in [-0.3, -0.25) is 4.79 Å². The fourth-order valence-corrected chi connectivity index (χ4v) is 1.97. The summed E-state index contributed by atoms with van der Waals surface area (Å²) >= 11 is 0. The Kier molecular flexibility index (Phi) is 3.35. The van der Waals surface area contributed by atoms with Crippen LogP contribution in [0.3, 0.4) is 0 Å². The van der Waals surface area contributed by atoms with E-state index in [1.165, 1.54) is 7.11 Å². The standard InChI is InChI=1S/C12H18O3/c1-6-7-12(15-5)10(13)9(8(2)3)11(12)14-4/h6-8H,1-5H3/b7-6-. The summed E-state index contributed by atoms with van der Waals surface area (Å²) in [5.41, 5.74) is -0.235. The van der Waals surface area contributed by atoms with E-state index in [1.54, 1.807) is 19.3 Å². The summed E-state index contributed by atoms with van der Waals surface area (Å²) in [5.74, 6) is 0.819. The van der Waals surface area contributed by atoms with Gasteiger partial charge in [-0.2, -0.15) is 0 Å². The largest absolute Gasteiger partial charge is 0.497 e. The molecule has 1 unspecified atom stereocenters. The number of methoxy groups -OCH3 is 2. The maximum atomic E-state index is 12.0. The molecule has 0 bridgehead atoms. The molecule has 15 heavy (non-hydrogen) atoms. The molecule has 0 aromatic carbocycles. The zero-order valence-electron chi connectivity index (χ0n) is 9.96. The molecule has 0 spiro atoms. The zero-order valence-corrected chi connectivity index (χ0v) is 9.96. The second-order valence-corrected chi connectivity index (χ2v) is 3.87. The lowest BCUT2D eigenvalue weighted by Gasteiger charge is -2.40. The van der Waals surface area contributed by atoms with E-state index in [4.69, 9.17) is 9.47 Å². The van der Waals surface area contributed by atoms with Crippen LogP contribution in [0.2, 0.25) is 0 Å². The first-order valence-electron chi connectivity index (χ1n) is 5.07. The highest BCUT2D eigenvalue weighted by Gasteiger charge is 2.54. The zero-order chi connectivity index (χ0) is 11.6. The van der Waals surface area contributed by atoms with Crippen molar-refractivity contribution >= 4 is 5.78 Å². The monoisotopic (exact) mass is 210 g/mol. The van der Waals surface area contributed by atoms with Crippen molar-refractivity contribution < 1.29 is 14.3 Å². The SMILES string of the molecule is C/C=C\C1(OC)C(=O)C(C(C)C)=C1OC. The van der Waals surface area contributed by atoms with Crippen LogP contribution in [0.4, 0.5) is 0 Å². The topological polar surface area (TPSA) is 35.5 Å². The third-order valence-corrected chi connectivity index (χ3v) is 2.67. The van der Waals surface area contributed by atoms with E-state index in [0.29, 0.717) is 5.76 Å². The number of carbonyl (C=O) groups is 1. The van der Waals surface area contributed by atoms with Crippen molar-refractivity contribution in [1.29, 1.82) is 0 Å². The second kappa shape index (κ2) is 4.19. The summed E-state index contributed by atoms with van der Waals surface area (Å²) in [6, 6.07) is 0. The highest BCUT2D eigenvalue weighted by Crippen LogP contribution is 2.42. The fourth-order valence-electron chi connectivity index (χ4n) is 1.97. The van der Waals surface area contributed by atoms with E-state index < -0.39 is 5.60 Å². The first-order chi connectivity index (χ1) is 7.05. The van der Waals surface area contributed by atoms with Crippen molar-refractivity contribution in [2.75, 3.05) is 14.2 Å². The molecule has 0 aliphatic heterocycles.